The normalized spacial score (nSPS) is 12.4. The van der Waals surface area contributed by atoms with Gasteiger partial charge >= 0.3 is 0 Å². The zero-order valence-electron chi connectivity index (χ0n) is 51.9. The number of benzene rings is 15. The van der Waals surface area contributed by atoms with Gasteiger partial charge in [0.05, 0.1) is 94.0 Å². The summed E-state index contributed by atoms with van der Waals surface area (Å²) in [5, 5.41) is 20.1. The highest BCUT2D eigenvalue weighted by Crippen LogP contribution is 2.49. The van der Waals surface area contributed by atoms with Crippen molar-refractivity contribution in [2.24, 2.45) is 0 Å². The first kappa shape index (κ1) is 51.7. The summed E-state index contributed by atoms with van der Waals surface area (Å²) in [6.45, 7) is 0. The van der Waals surface area contributed by atoms with Crippen LogP contribution in [0.2, 0.25) is 0 Å². The van der Waals surface area contributed by atoms with E-state index in [1.807, 2.05) is 0 Å². The van der Waals surface area contributed by atoms with E-state index in [0.717, 1.165) is 5.69 Å². The summed E-state index contributed by atoms with van der Waals surface area (Å²) in [4.78, 5) is 0. The van der Waals surface area contributed by atoms with E-state index in [4.69, 9.17) is 0 Å². The van der Waals surface area contributed by atoms with E-state index < -0.39 is 0 Å². The van der Waals surface area contributed by atoms with Crippen LogP contribution in [0.3, 0.4) is 0 Å². The van der Waals surface area contributed by atoms with Crippen molar-refractivity contribution in [3.05, 3.63) is 328 Å². The maximum absolute atomic E-state index is 2.53. The van der Waals surface area contributed by atoms with Gasteiger partial charge in [-0.05, 0) is 108 Å². The molecule has 0 aliphatic heterocycles. The molecular formula is C90H54N6. The molecule has 0 N–H and O–H groups in total. The molecule has 444 valence electrons. The Morgan fingerprint density at radius 2 is 0.406 bits per heavy atom. The average molecular weight is 1220 g/mol. The SMILES string of the molecule is c1ccc2c(c1)c1ccccc1n2-c1cc2c3ccccc3n3c4ccccc4c4ccccc4n4c5ccccc5c1c4c23.c1ccc2c(c1)c1ccccc1n2-c1ccc(-c2cc3c4ccccc4n4c5ccccc5c5ccccc5n5c6ccccc6c2c5c34)cc1. The molecule has 8 heterocycles. The molecule has 23 aromatic rings. The summed E-state index contributed by atoms with van der Waals surface area (Å²) < 4.78 is 15.0. The van der Waals surface area contributed by atoms with Crippen molar-refractivity contribution in [1.82, 2.24) is 26.7 Å². The molecule has 0 spiro atoms. The first-order chi connectivity index (χ1) is 47.7. The number of hydrogen-bond acceptors (Lipinski definition) is 0. The van der Waals surface area contributed by atoms with Crippen LogP contribution < -0.4 is 0 Å². The van der Waals surface area contributed by atoms with Crippen LogP contribution >= 0.6 is 0 Å². The van der Waals surface area contributed by atoms with Crippen molar-refractivity contribution in [3.8, 4) is 22.5 Å². The molecular weight excluding hydrogens is 1170 g/mol. The van der Waals surface area contributed by atoms with Crippen LogP contribution in [-0.2, 0) is 0 Å². The molecule has 96 heavy (non-hydrogen) atoms. The second kappa shape index (κ2) is 19.3. The van der Waals surface area contributed by atoms with E-state index in [0.29, 0.717) is 0 Å². The van der Waals surface area contributed by atoms with Gasteiger partial charge in [-0.15, -0.1) is 0 Å². The highest BCUT2D eigenvalue weighted by Gasteiger charge is 2.27. The van der Waals surface area contributed by atoms with Crippen molar-refractivity contribution in [2.45, 2.75) is 0 Å². The lowest BCUT2D eigenvalue weighted by atomic mass is 9.96. The van der Waals surface area contributed by atoms with Gasteiger partial charge in [-0.2, -0.15) is 0 Å². The molecule has 0 unspecified atom stereocenters. The van der Waals surface area contributed by atoms with Crippen molar-refractivity contribution in [3.63, 3.8) is 0 Å². The Labute approximate surface area is 548 Å². The molecule has 23 rings (SSSR count). The number of para-hydroxylation sites is 12. The molecule has 8 aromatic heterocycles. The van der Waals surface area contributed by atoms with Crippen molar-refractivity contribution < 1.29 is 0 Å². The van der Waals surface area contributed by atoms with Crippen molar-refractivity contribution in [1.29, 1.82) is 0 Å². The maximum Gasteiger partial charge on any atom is 0.0810 e. The second-order valence-corrected chi connectivity index (χ2v) is 25.8. The molecule has 0 aliphatic rings. The van der Waals surface area contributed by atoms with Crippen LogP contribution in [0.15, 0.2) is 328 Å². The van der Waals surface area contributed by atoms with Gasteiger partial charge in [-0.3, -0.25) is 0 Å². The zero-order valence-corrected chi connectivity index (χ0v) is 51.9. The van der Waals surface area contributed by atoms with Gasteiger partial charge in [-0.1, -0.05) is 231 Å². The molecule has 0 saturated carbocycles. The number of fused-ring (bicyclic) bond motifs is 28. The molecule has 0 atom stereocenters. The third-order valence-electron chi connectivity index (χ3n) is 21.1. The van der Waals surface area contributed by atoms with Gasteiger partial charge < -0.3 is 26.7 Å². The average Bonchev–Trinajstić information content (AvgIpc) is 1.52. The first-order valence-electron chi connectivity index (χ1n) is 33.2. The van der Waals surface area contributed by atoms with Crippen LogP contribution in [0.5, 0.6) is 0 Å². The minimum Gasteiger partial charge on any atom is -0.309 e. The van der Waals surface area contributed by atoms with Crippen LogP contribution in [0.4, 0.5) is 0 Å². The predicted molar refractivity (Wildman–Crippen MR) is 406 cm³/mol. The highest BCUT2D eigenvalue weighted by molar-refractivity contribution is 6.31. The molecule has 0 saturated heterocycles. The van der Waals surface area contributed by atoms with Crippen LogP contribution in [0.1, 0.15) is 0 Å². The predicted octanol–water partition coefficient (Wildman–Crippen LogP) is 23.8. The molecule has 6 nitrogen and oxygen atoms in total. The Morgan fingerprint density at radius 3 is 0.760 bits per heavy atom. The molecule has 15 aromatic carbocycles. The van der Waals surface area contributed by atoms with Gasteiger partial charge in [0, 0.05) is 91.9 Å². The minimum atomic E-state index is 1.16. The van der Waals surface area contributed by atoms with Gasteiger partial charge in [-0.25, -0.2) is 0 Å². The smallest absolute Gasteiger partial charge is 0.0810 e. The quantitative estimate of drug-likeness (QED) is 0.169. The molecule has 0 radical (unpaired) electrons. The Bertz CT molecular complexity index is 7220. The third kappa shape index (κ3) is 6.78. The first-order valence-corrected chi connectivity index (χ1v) is 33.2. The summed E-state index contributed by atoms with van der Waals surface area (Å²) in [5.41, 5.74) is 24.4. The Balaban J connectivity index is 0.000000125. The number of hydrogen-bond donors (Lipinski definition) is 0. The molecule has 0 amide bonds. The van der Waals surface area contributed by atoms with E-state index in [-0.39, 0.29) is 0 Å². The summed E-state index contributed by atoms with van der Waals surface area (Å²) in [5.74, 6) is 0. The van der Waals surface area contributed by atoms with Crippen molar-refractivity contribution >= 4 is 174 Å². The zero-order chi connectivity index (χ0) is 62.4. The number of nitrogens with zero attached hydrogens (tertiary/aromatic N) is 6. The molecule has 6 heteroatoms. The minimum absolute atomic E-state index is 1.16. The summed E-state index contributed by atoms with van der Waals surface area (Å²) >= 11 is 0. The molecule has 0 fully saturated rings. The lowest BCUT2D eigenvalue weighted by molar-refractivity contribution is 1.18. The van der Waals surface area contributed by atoms with Crippen LogP contribution in [0, 0.1) is 0 Å². The van der Waals surface area contributed by atoms with Crippen molar-refractivity contribution in [2.75, 3.05) is 0 Å². The van der Waals surface area contributed by atoms with E-state index in [2.05, 4.69) is 354 Å². The van der Waals surface area contributed by atoms with Gasteiger partial charge in [0.15, 0.2) is 0 Å². The topological polar surface area (TPSA) is 27.5 Å². The fraction of sp³-hybridized carbons (Fsp3) is 0. The molecule has 0 aliphatic carbocycles. The fourth-order valence-electron chi connectivity index (χ4n) is 17.3. The second-order valence-electron chi connectivity index (χ2n) is 25.8. The van der Waals surface area contributed by atoms with E-state index in [1.54, 1.807) is 0 Å². The Kier molecular flexibility index (Phi) is 10.4. The highest BCUT2D eigenvalue weighted by atomic mass is 15.0. The molecule has 0 bridgehead atoms. The van der Waals surface area contributed by atoms with E-state index in [1.165, 1.54) is 191 Å². The third-order valence-corrected chi connectivity index (χ3v) is 21.1. The lowest BCUT2D eigenvalue weighted by Gasteiger charge is -2.14. The van der Waals surface area contributed by atoms with Gasteiger partial charge in [0.25, 0.3) is 0 Å². The number of rotatable bonds is 3. The largest absolute Gasteiger partial charge is 0.309 e. The lowest BCUT2D eigenvalue weighted by Crippen LogP contribution is -1.98. The Morgan fingerprint density at radius 1 is 0.167 bits per heavy atom. The monoisotopic (exact) mass is 1220 g/mol. The number of aromatic nitrogens is 6. The standard InChI is InChI=1S/C48H29N3.C42H25N3/c1-7-19-40-32(13-1)33-14-2-8-20-41(33)49(40)31-27-25-30(26-28-31)38-29-39-36-17-5-11-23-44(36)50-42-21-9-3-15-34(42)35-16-4-10-22-43(35)51-45-24-12-6-18-37(45)46(38)48(51)47(39)50;1-7-19-33-26(13-1)27-14-2-8-20-34(27)43(33)39-25-32-30-17-5-11-23-37(30)44-35-21-9-3-15-28(35)29-16-4-10-22-36(29)45-38-24-12-6-18-31(38)40(39)42(45)41(32)44/h1-29H;1-25H. The maximum atomic E-state index is 2.53. The summed E-state index contributed by atoms with van der Waals surface area (Å²) in [7, 11) is 0. The summed E-state index contributed by atoms with van der Waals surface area (Å²) in [6.07, 6.45) is 0. The van der Waals surface area contributed by atoms with Crippen LogP contribution in [-0.4, -0.2) is 26.7 Å². The van der Waals surface area contributed by atoms with Gasteiger partial charge in [0.2, 0.25) is 0 Å². The Hall–Kier alpha value is -12.9. The van der Waals surface area contributed by atoms with Crippen LogP contribution in [0.25, 0.3) is 197 Å². The van der Waals surface area contributed by atoms with Gasteiger partial charge in [0.1, 0.15) is 0 Å². The fourth-order valence-corrected chi connectivity index (χ4v) is 17.3. The summed E-state index contributed by atoms with van der Waals surface area (Å²) in [6, 6.07) is 121. The van der Waals surface area contributed by atoms with E-state index >= 15 is 0 Å². The van der Waals surface area contributed by atoms with E-state index in [9.17, 15) is 0 Å².